The van der Waals surface area contributed by atoms with Crippen LogP contribution in [-0.2, 0) is 0 Å². The summed E-state index contributed by atoms with van der Waals surface area (Å²) in [4.78, 5) is 4.15. The summed E-state index contributed by atoms with van der Waals surface area (Å²) in [7, 11) is 0. The van der Waals surface area contributed by atoms with E-state index in [0.29, 0.717) is 5.82 Å². The number of aromatic nitrogens is 2. The van der Waals surface area contributed by atoms with Crippen LogP contribution in [0.4, 0.5) is 0 Å². The summed E-state index contributed by atoms with van der Waals surface area (Å²) in [6.07, 6.45) is 1.57. The summed E-state index contributed by atoms with van der Waals surface area (Å²) in [5.74, 6) is 0.608. The second-order valence-corrected chi connectivity index (χ2v) is 3.89. The monoisotopic (exact) mass is 245 g/mol. The zero-order valence-corrected chi connectivity index (χ0v) is 9.41. The Hall–Kier alpha value is -2.18. The van der Waals surface area contributed by atoms with Gasteiger partial charge in [-0.1, -0.05) is 23.4 Å². The van der Waals surface area contributed by atoms with Gasteiger partial charge in [0.2, 0.25) is 11.7 Å². The average molecular weight is 245 g/mol. The highest BCUT2D eigenvalue weighted by Gasteiger charge is 2.17. The molecule has 92 valence electrons. The van der Waals surface area contributed by atoms with E-state index in [0.717, 1.165) is 16.5 Å². The molecule has 0 radical (unpaired) electrons. The maximum Gasteiger partial charge on any atom is 0.246 e. The van der Waals surface area contributed by atoms with Crippen molar-refractivity contribution in [1.82, 2.24) is 10.1 Å². The molecule has 0 amide bonds. The molecule has 3 N–H and O–H groups in total. The van der Waals surface area contributed by atoms with Gasteiger partial charge in [-0.05, 0) is 6.07 Å². The number of aliphatic hydroxyl groups is 1. The van der Waals surface area contributed by atoms with Gasteiger partial charge in [0.1, 0.15) is 17.9 Å². The first-order valence-corrected chi connectivity index (χ1v) is 5.46. The molecule has 0 saturated heterocycles. The number of para-hydroxylation sites is 1. The molecule has 18 heavy (non-hydrogen) atoms. The van der Waals surface area contributed by atoms with Gasteiger partial charge < -0.3 is 19.8 Å². The minimum absolute atomic E-state index is 0.206. The molecular formula is C12H11N3O3. The lowest BCUT2D eigenvalue weighted by molar-refractivity contribution is 0.237. The number of hydrogen-bond donors (Lipinski definition) is 2. The van der Waals surface area contributed by atoms with Crippen molar-refractivity contribution in [3.05, 3.63) is 36.4 Å². The first-order chi connectivity index (χ1) is 8.79. The Labute approximate surface area is 102 Å². The van der Waals surface area contributed by atoms with E-state index in [-0.39, 0.29) is 12.5 Å². The number of aliphatic hydroxyl groups excluding tert-OH is 1. The molecule has 0 saturated carbocycles. The summed E-state index contributed by atoms with van der Waals surface area (Å²) < 4.78 is 10.4. The predicted octanol–water partition coefficient (Wildman–Crippen LogP) is 1.47. The highest BCUT2D eigenvalue weighted by atomic mass is 16.5. The van der Waals surface area contributed by atoms with Gasteiger partial charge in [-0.15, -0.1) is 0 Å². The van der Waals surface area contributed by atoms with E-state index in [1.54, 1.807) is 6.26 Å². The molecule has 0 aliphatic heterocycles. The fourth-order valence-corrected chi connectivity index (χ4v) is 1.72. The Bertz CT molecular complexity index is 674. The van der Waals surface area contributed by atoms with Crippen LogP contribution in [-0.4, -0.2) is 21.9 Å². The van der Waals surface area contributed by atoms with Gasteiger partial charge in [0, 0.05) is 5.39 Å². The zero-order valence-electron chi connectivity index (χ0n) is 9.41. The summed E-state index contributed by atoms with van der Waals surface area (Å²) in [6.45, 7) is -0.242. The summed E-state index contributed by atoms with van der Waals surface area (Å²) in [5, 5.41) is 13.7. The van der Waals surface area contributed by atoms with Crippen LogP contribution in [0.15, 0.2) is 39.5 Å². The second-order valence-electron chi connectivity index (χ2n) is 3.89. The van der Waals surface area contributed by atoms with Gasteiger partial charge in [0.25, 0.3) is 0 Å². The Kier molecular flexibility index (Phi) is 2.58. The van der Waals surface area contributed by atoms with Crippen LogP contribution in [0.2, 0.25) is 0 Å². The van der Waals surface area contributed by atoms with Gasteiger partial charge >= 0.3 is 0 Å². The molecule has 1 aromatic carbocycles. The summed E-state index contributed by atoms with van der Waals surface area (Å²) in [5.41, 5.74) is 7.10. The zero-order chi connectivity index (χ0) is 12.5. The van der Waals surface area contributed by atoms with E-state index >= 15 is 0 Å². The van der Waals surface area contributed by atoms with Gasteiger partial charge in [0.05, 0.1) is 12.2 Å². The maximum absolute atomic E-state index is 8.93. The van der Waals surface area contributed by atoms with Crippen LogP contribution in [0.1, 0.15) is 11.9 Å². The maximum atomic E-state index is 8.93. The fraction of sp³-hybridized carbons (Fsp3) is 0.167. The highest BCUT2D eigenvalue weighted by Crippen LogP contribution is 2.28. The molecular weight excluding hydrogens is 234 g/mol. The normalized spacial score (nSPS) is 13.0. The van der Waals surface area contributed by atoms with Crippen LogP contribution >= 0.6 is 0 Å². The molecule has 0 aliphatic carbocycles. The van der Waals surface area contributed by atoms with Crippen molar-refractivity contribution in [2.45, 2.75) is 6.04 Å². The Balaban J connectivity index is 2.07. The number of nitrogens with two attached hydrogens (primary N) is 1. The highest BCUT2D eigenvalue weighted by molar-refractivity contribution is 5.91. The molecule has 3 aromatic rings. The van der Waals surface area contributed by atoms with E-state index in [4.69, 9.17) is 19.8 Å². The lowest BCUT2D eigenvalue weighted by Crippen LogP contribution is -2.14. The lowest BCUT2D eigenvalue weighted by Gasteiger charge is -1.98. The third-order valence-electron chi connectivity index (χ3n) is 2.68. The van der Waals surface area contributed by atoms with E-state index in [1.807, 2.05) is 24.3 Å². The summed E-state index contributed by atoms with van der Waals surface area (Å²) >= 11 is 0. The van der Waals surface area contributed by atoms with Crippen molar-refractivity contribution in [3.63, 3.8) is 0 Å². The van der Waals surface area contributed by atoms with E-state index < -0.39 is 6.04 Å². The average Bonchev–Trinajstić information content (AvgIpc) is 3.03. The van der Waals surface area contributed by atoms with Crippen molar-refractivity contribution < 1.29 is 14.0 Å². The Morgan fingerprint density at radius 2 is 2.17 bits per heavy atom. The molecule has 1 atom stereocenters. The number of fused-ring (bicyclic) bond motifs is 1. The fourth-order valence-electron chi connectivity index (χ4n) is 1.72. The van der Waals surface area contributed by atoms with Crippen LogP contribution in [0.3, 0.4) is 0 Å². The minimum Gasteiger partial charge on any atom is -0.464 e. The molecule has 6 heteroatoms. The predicted molar refractivity (Wildman–Crippen MR) is 63.5 cm³/mol. The molecule has 3 rings (SSSR count). The third kappa shape index (κ3) is 1.68. The molecule has 1 unspecified atom stereocenters. The van der Waals surface area contributed by atoms with E-state index in [9.17, 15) is 0 Å². The van der Waals surface area contributed by atoms with Crippen molar-refractivity contribution in [1.29, 1.82) is 0 Å². The lowest BCUT2D eigenvalue weighted by atomic mass is 10.2. The van der Waals surface area contributed by atoms with Crippen LogP contribution in [0.25, 0.3) is 22.4 Å². The smallest absolute Gasteiger partial charge is 0.246 e. The van der Waals surface area contributed by atoms with Gasteiger partial charge in [0.15, 0.2) is 0 Å². The van der Waals surface area contributed by atoms with Crippen LogP contribution < -0.4 is 5.73 Å². The first-order valence-electron chi connectivity index (χ1n) is 5.46. The van der Waals surface area contributed by atoms with E-state index in [1.165, 1.54) is 0 Å². The largest absolute Gasteiger partial charge is 0.464 e. The standard InChI is InChI=1S/C12H11N3O3/c13-9(5-16)12-14-11(15-18-12)8-6-17-10-4-2-1-3-7(8)10/h1-4,6,9,16H,5,13H2. The molecule has 0 bridgehead atoms. The number of hydrogen-bond acceptors (Lipinski definition) is 6. The van der Waals surface area contributed by atoms with Gasteiger partial charge in [-0.25, -0.2) is 0 Å². The molecule has 0 aliphatic rings. The Morgan fingerprint density at radius 3 is 3.00 bits per heavy atom. The molecule has 0 fully saturated rings. The van der Waals surface area contributed by atoms with Gasteiger partial charge in [-0.2, -0.15) is 4.98 Å². The van der Waals surface area contributed by atoms with Crippen LogP contribution in [0, 0.1) is 0 Å². The van der Waals surface area contributed by atoms with Crippen molar-refractivity contribution in [2.75, 3.05) is 6.61 Å². The Morgan fingerprint density at radius 1 is 1.33 bits per heavy atom. The topological polar surface area (TPSA) is 98.3 Å². The SMILES string of the molecule is NC(CO)c1nc(-c2coc3ccccc23)no1. The minimum atomic E-state index is -0.663. The van der Waals surface area contributed by atoms with Crippen LogP contribution in [0.5, 0.6) is 0 Å². The van der Waals surface area contributed by atoms with Gasteiger partial charge in [-0.3, -0.25) is 0 Å². The molecule has 6 nitrogen and oxygen atoms in total. The van der Waals surface area contributed by atoms with Crippen molar-refractivity contribution in [2.24, 2.45) is 5.73 Å². The molecule has 2 aromatic heterocycles. The first kappa shape index (κ1) is 10.9. The van der Waals surface area contributed by atoms with Crippen molar-refractivity contribution in [3.8, 4) is 11.4 Å². The van der Waals surface area contributed by atoms with E-state index in [2.05, 4.69) is 10.1 Å². The quantitative estimate of drug-likeness (QED) is 0.725. The summed E-state index contributed by atoms with van der Waals surface area (Å²) in [6, 6.07) is 6.90. The number of nitrogens with zero attached hydrogens (tertiary/aromatic N) is 2. The third-order valence-corrected chi connectivity index (χ3v) is 2.68. The van der Waals surface area contributed by atoms with Crippen molar-refractivity contribution >= 4 is 11.0 Å². The number of furan rings is 1. The number of rotatable bonds is 3. The molecule has 0 spiro atoms. The second kappa shape index (κ2) is 4.25. The number of benzene rings is 1. The molecule has 2 heterocycles.